The van der Waals surface area contributed by atoms with Crippen LogP contribution in [0.25, 0.3) is 0 Å². The molecular weight excluding hydrogens is 286 g/mol. The maximum Gasteiger partial charge on any atom is 0.252 e. The van der Waals surface area contributed by atoms with Crippen molar-refractivity contribution in [1.82, 2.24) is 5.32 Å². The van der Waals surface area contributed by atoms with Gasteiger partial charge in [0.15, 0.2) is 0 Å². The smallest absolute Gasteiger partial charge is 0.252 e. The molecule has 4 heteroatoms. The molecule has 1 aliphatic carbocycles. The molecule has 2 rings (SSSR count). The molecule has 0 saturated heterocycles. The standard InChI is InChI=1S/C16H24ClNOSi/c1-20(2,3)14-11-7-10-13(17)15(14)16(19)18-12-8-5-4-6-9-12/h7,10-12H,4-6,8-9H2,1-3H3,(H,18,19). The summed E-state index contributed by atoms with van der Waals surface area (Å²) in [5.41, 5.74) is 0.707. The lowest BCUT2D eigenvalue weighted by molar-refractivity contribution is 0.0929. The molecular formula is C16H24ClNOSi. The van der Waals surface area contributed by atoms with Gasteiger partial charge in [-0.3, -0.25) is 4.79 Å². The second-order valence-corrected chi connectivity index (χ2v) is 12.2. The van der Waals surface area contributed by atoms with Crippen molar-refractivity contribution in [1.29, 1.82) is 0 Å². The summed E-state index contributed by atoms with van der Waals surface area (Å²) in [6.45, 7) is 6.74. The van der Waals surface area contributed by atoms with E-state index in [-0.39, 0.29) is 5.91 Å². The average molecular weight is 310 g/mol. The SMILES string of the molecule is C[Si](C)(C)c1cccc(Cl)c1C(=O)NC1CCCCC1. The predicted molar refractivity (Wildman–Crippen MR) is 88.8 cm³/mol. The molecule has 0 heterocycles. The van der Waals surface area contributed by atoms with Crippen molar-refractivity contribution in [2.24, 2.45) is 0 Å². The minimum atomic E-state index is -1.58. The molecule has 2 nitrogen and oxygen atoms in total. The molecule has 0 radical (unpaired) electrons. The van der Waals surface area contributed by atoms with Crippen molar-refractivity contribution < 1.29 is 4.79 Å². The number of carbonyl (C=O) groups is 1. The van der Waals surface area contributed by atoms with E-state index in [0.717, 1.165) is 18.0 Å². The fourth-order valence-electron chi connectivity index (χ4n) is 2.88. The van der Waals surface area contributed by atoms with Crippen LogP contribution in [0, 0.1) is 0 Å². The predicted octanol–water partition coefficient (Wildman–Crippen LogP) is 3.95. The van der Waals surface area contributed by atoms with Crippen LogP contribution in [0.3, 0.4) is 0 Å². The zero-order chi connectivity index (χ0) is 14.8. The van der Waals surface area contributed by atoms with Gasteiger partial charge < -0.3 is 5.32 Å². The summed E-state index contributed by atoms with van der Waals surface area (Å²) in [4.78, 5) is 12.6. The Labute approximate surface area is 127 Å². The topological polar surface area (TPSA) is 29.1 Å². The Hall–Kier alpha value is -0.803. The number of amides is 1. The van der Waals surface area contributed by atoms with Gasteiger partial charge in [0.1, 0.15) is 0 Å². The van der Waals surface area contributed by atoms with Gasteiger partial charge in [-0.05, 0) is 24.1 Å². The minimum Gasteiger partial charge on any atom is -0.349 e. The average Bonchev–Trinajstić information content (AvgIpc) is 2.38. The lowest BCUT2D eigenvalue weighted by atomic mass is 9.95. The fourth-order valence-corrected chi connectivity index (χ4v) is 4.82. The Balaban J connectivity index is 2.24. The molecule has 1 saturated carbocycles. The third-order valence-electron chi connectivity index (χ3n) is 3.99. The van der Waals surface area contributed by atoms with Crippen molar-refractivity contribution in [3.05, 3.63) is 28.8 Å². The van der Waals surface area contributed by atoms with Gasteiger partial charge in [0.25, 0.3) is 5.91 Å². The molecule has 0 atom stereocenters. The van der Waals surface area contributed by atoms with Crippen LogP contribution in [-0.4, -0.2) is 20.0 Å². The Kier molecular flexibility index (Phi) is 4.92. The van der Waals surface area contributed by atoms with E-state index >= 15 is 0 Å². The van der Waals surface area contributed by atoms with Gasteiger partial charge in [-0.15, -0.1) is 0 Å². The van der Waals surface area contributed by atoms with Crippen LogP contribution in [0.5, 0.6) is 0 Å². The monoisotopic (exact) mass is 309 g/mol. The van der Waals surface area contributed by atoms with E-state index in [2.05, 4.69) is 31.0 Å². The quantitative estimate of drug-likeness (QED) is 0.842. The number of hydrogen-bond acceptors (Lipinski definition) is 1. The van der Waals surface area contributed by atoms with Gasteiger partial charge in [-0.2, -0.15) is 0 Å². The highest BCUT2D eigenvalue weighted by Gasteiger charge is 2.26. The van der Waals surface area contributed by atoms with E-state index in [1.54, 1.807) is 0 Å². The van der Waals surface area contributed by atoms with E-state index in [1.807, 2.05) is 12.1 Å². The van der Waals surface area contributed by atoms with Crippen molar-refractivity contribution in [3.8, 4) is 0 Å². The van der Waals surface area contributed by atoms with E-state index in [0.29, 0.717) is 16.6 Å². The maximum atomic E-state index is 12.6. The molecule has 1 fully saturated rings. The van der Waals surface area contributed by atoms with Crippen molar-refractivity contribution in [3.63, 3.8) is 0 Å². The summed E-state index contributed by atoms with van der Waals surface area (Å²) in [6, 6.07) is 6.16. The number of halogens is 1. The molecule has 1 aliphatic rings. The summed E-state index contributed by atoms with van der Waals surface area (Å²) in [6.07, 6.45) is 5.91. The summed E-state index contributed by atoms with van der Waals surface area (Å²) < 4.78 is 0. The first kappa shape index (κ1) is 15.6. The normalized spacial score (nSPS) is 17.0. The molecule has 1 aromatic rings. The maximum absolute atomic E-state index is 12.6. The number of carbonyl (C=O) groups excluding carboxylic acids is 1. The van der Waals surface area contributed by atoms with Gasteiger partial charge in [0.2, 0.25) is 0 Å². The first-order valence-electron chi connectivity index (χ1n) is 7.49. The van der Waals surface area contributed by atoms with Crippen LogP contribution in [0.15, 0.2) is 18.2 Å². The molecule has 1 N–H and O–H groups in total. The second kappa shape index (κ2) is 6.31. The molecule has 0 spiro atoms. The molecule has 0 aliphatic heterocycles. The van der Waals surface area contributed by atoms with Crippen LogP contribution in [-0.2, 0) is 0 Å². The van der Waals surface area contributed by atoms with Crippen molar-refractivity contribution in [2.75, 3.05) is 0 Å². The van der Waals surface area contributed by atoms with Crippen LogP contribution in [0.4, 0.5) is 0 Å². The number of hydrogen-bond donors (Lipinski definition) is 1. The Morgan fingerprint density at radius 1 is 1.20 bits per heavy atom. The third-order valence-corrected chi connectivity index (χ3v) is 6.34. The third kappa shape index (κ3) is 3.64. The number of rotatable bonds is 3. The Morgan fingerprint density at radius 2 is 1.85 bits per heavy atom. The van der Waals surface area contributed by atoms with Gasteiger partial charge in [0.05, 0.1) is 18.7 Å². The number of nitrogens with one attached hydrogen (secondary N) is 1. The molecule has 0 bridgehead atoms. The van der Waals surface area contributed by atoms with E-state index in [4.69, 9.17) is 11.6 Å². The Morgan fingerprint density at radius 3 is 2.45 bits per heavy atom. The second-order valence-electron chi connectivity index (χ2n) is 6.72. The Bertz CT molecular complexity index is 490. The molecule has 20 heavy (non-hydrogen) atoms. The minimum absolute atomic E-state index is 0.0138. The van der Waals surface area contributed by atoms with E-state index < -0.39 is 8.07 Å². The molecule has 0 aromatic heterocycles. The molecule has 1 aromatic carbocycles. The highest BCUT2D eigenvalue weighted by Crippen LogP contribution is 2.20. The van der Waals surface area contributed by atoms with Gasteiger partial charge in [-0.1, -0.05) is 62.6 Å². The van der Waals surface area contributed by atoms with E-state index in [9.17, 15) is 4.79 Å². The first-order valence-corrected chi connectivity index (χ1v) is 11.4. The zero-order valence-corrected chi connectivity index (χ0v) is 14.4. The van der Waals surface area contributed by atoms with Crippen LogP contribution in [0.2, 0.25) is 24.7 Å². The van der Waals surface area contributed by atoms with Crippen LogP contribution in [0.1, 0.15) is 42.5 Å². The van der Waals surface area contributed by atoms with Crippen molar-refractivity contribution >= 4 is 30.8 Å². The van der Waals surface area contributed by atoms with Crippen LogP contribution < -0.4 is 10.5 Å². The highest BCUT2D eigenvalue weighted by molar-refractivity contribution is 6.89. The largest absolute Gasteiger partial charge is 0.349 e. The van der Waals surface area contributed by atoms with Gasteiger partial charge in [-0.25, -0.2) is 0 Å². The molecule has 0 unspecified atom stereocenters. The summed E-state index contributed by atoms with van der Waals surface area (Å²) in [5, 5.41) is 4.92. The molecule has 110 valence electrons. The lowest BCUT2D eigenvalue weighted by Gasteiger charge is -2.26. The summed E-state index contributed by atoms with van der Waals surface area (Å²) in [7, 11) is -1.58. The molecule has 1 amide bonds. The highest BCUT2D eigenvalue weighted by atomic mass is 35.5. The zero-order valence-electron chi connectivity index (χ0n) is 12.6. The number of benzene rings is 1. The van der Waals surface area contributed by atoms with E-state index in [1.165, 1.54) is 19.3 Å². The summed E-state index contributed by atoms with van der Waals surface area (Å²) in [5.74, 6) is 0.0138. The first-order chi connectivity index (χ1) is 9.39. The lowest BCUT2D eigenvalue weighted by Crippen LogP contribution is -2.45. The van der Waals surface area contributed by atoms with Crippen molar-refractivity contribution in [2.45, 2.75) is 57.8 Å². The van der Waals surface area contributed by atoms with Crippen LogP contribution >= 0.6 is 11.6 Å². The van der Waals surface area contributed by atoms with Gasteiger partial charge in [0, 0.05) is 6.04 Å². The van der Waals surface area contributed by atoms with Gasteiger partial charge >= 0.3 is 0 Å². The fraction of sp³-hybridized carbons (Fsp3) is 0.562. The summed E-state index contributed by atoms with van der Waals surface area (Å²) >= 11 is 6.31.